The van der Waals surface area contributed by atoms with Gasteiger partial charge in [0.15, 0.2) is 0 Å². The van der Waals surface area contributed by atoms with Crippen LogP contribution < -0.4 is 5.32 Å². The first-order valence-electron chi connectivity index (χ1n) is 5.87. The largest absolute Gasteiger partial charge is 0.296 e. The molecule has 1 aromatic rings. The molecule has 1 unspecified atom stereocenters. The Morgan fingerprint density at radius 2 is 2.18 bits per heavy atom. The van der Waals surface area contributed by atoms with Crippen molar-refractivity contribution in [1.29, 1.82) is 0 Å². The maximum atomic E-state index is 11.7. The Kier molecular flexibility index (Phi) is 3.22. The number of nitrogens with zero attached hydrogens (tertiary/aromatic N) is 1. The molecule has 0 bridgehead atoms. The minimum Gasteiger partial charge on any atom is -0.296 e. The number of imide groups is 1. The van der Waals surface area contributed by atoms with E-state index in [1.165, 1.54) is 0 Å². The number of carbonyl (C=O) groups excluding carboxylic acids is 2. The lowest BCUT2D eigenvalue weighted by atomic mass is 9.91. The average molecular weight is 234 g/mol. The van der Waals surface area contributed by atoms with Gasteiger partial charge in [0.1, 0.15) is 0 Å². The average Bonchev–Trinajstić information content (AvgIpc) is 2.29. The highest BCUT2D eigenvalue weighted by Gasteiger charge is 2.27. The smallest absolute Gasteiger partial charge is 0.234 e. The highest BCUT2D eigenvalue weighted by atomic mass is 16.2. The van der Waals surface area contributed by atoms with Crippen LogP contribution in [0.5, 0.6) is 0 Å². The minimum absolute atomic E-state index is 0. The summed E-state index contributed by atoms with van der Waals surface area (Å²) in [6.45, 7) is 4.15. The van der Waals surface area contributed by atoms with E-state index in [1.54, 1.807) is 6.20 Å². The molecule has 2 heterocycles. The molecule has 4 heteroatoms. The van der Waals surface area contributed by atoms with E-state index in [0.717, 1.165) is 11.3 Å². The van der Waals surface area contributed by atoms with E-state index in [0.29, 0.717) is 18.8 Å². The first-order chi connectivity index (χ1) is 8.08. The van der Waals surface area contributed by atoms with Crippen molar-refractivity contribution in [2.45, 2.75) is 38.5 Å². The number of rotatable bonds is 2. The molecular formula is C13H18N2O2. The van der Waals surface area contributed by atoms with Gasteiger partial charge in [0.05, 0.1) is 5.92 Å². The second kappa shape index (κ2) is 4.65. The standard InChI is InChI=1S/C13H16N2O2.H2/c1-8(2)11-5-3-9(7-14-11)10-4-6-12(16)15-13(10)17;/h3,5,7-8,10H,4,6H2,1-2H3,(H,15,16,17);1H. The molecule has 1 N–H and O–H groups in total. The zero-order chi connectivity index (χ0) is 12.4. The topological polar surface area (TPSA) is 59.1 Å². The predicted octanol–water partition coefficient (Wildman–Crippen LogP) is 1.97. The molecule has 2 amide bonds. The van der Waals surface area contributed by atoms with Gasteiger partial charge >= 0.3 is 0 Å². The summed E-state index contributed by atoms with van der Waals surface area (Å²) in [5.74, 6) is -0.245. The molecule has 1 saturated heterocycles. The summed E-state index contributed by atoms with van der Waals surface area (Å²) in [5.41, 5.74) is 1.90. The van der Waals surface area contributed by atoms with E-state index in [9.17, 15) is 9.59 Å². The van der Waals surface area contributed by atoms with Gasteiger partial charge in [-0.15, -0.1) is 0 Å². The summed E-state index contributed by atoms with van der Waals surface area (Å²) in [6, 6.07) is 3.88. The first kappa shape index (κ1) is 11.8. The Morgan fingerprint density at radius 3 is 2.71 bits per heavy atom. The zero-order valence-electron chi connectivity index (χ0n) is 10.1. The van der Waals surface area contributed by atoms with E-state index in [4.69, 9.17) is 0 Å². The van der Waals surface area contributed by atoms with Crippen LogP contribution in [0.1, 0.15) is 51.2 Å². The quantitative estimate of drug-likeness (QED) is 0.796. The minimum atomic E-state index is -0.235. The van der Waals surface area contributed by atoms with E-state index in [2.05, 4.69) is 24.1 Å². The number of carbonyl (C=O) groups is 2. The van der Waals surface area contributed by atoms with Crippen molar-refractivity contribution in [3.8, 4) is 0 Å². The number of hydrogen-bond donors (Lipinski definition) is 1. The second-order valence-electron chi connectivity index (χ2n) is 4.67. The number of pyridine rings is 1. The lowest BCUT2D eigenvalue weighted by Gasteiger charge is -2.21. The molecule has 17 heavy (non-hydrogen) atoms. The fourth-order valence-corrected chi connectivity index (χ4v) is 1.98. The van der Waals surface area contributed by atoms with E-state index in [-0.39, 0.29) is 19.2 Å². The summed E-state index contributed by atoms with van der Waals surface area (Å²) in [4.78, 5) is 27.1. The van der Waals surface area contributed by atoms with Crippen molar-refractivity contribution < 1.29 is 11.0 Å². The SMILES string of the molecule is CC(C)c1ccc(C2CCC(=O)NC2=O)cn1.[HH]. The van der Waals surface area contributed by atoms with Crippen molar-refractivity contribution in [2.75, 3.05) is 0 Å². The van der Waals surface area contributed by atoms with Crippen molar-refractivity contribution in [3.63, 3.8) is 0 Å². The van der Waals surface area contributed by atoms with Crippen molar-refractivity contribution >= 4 is 11.8 Å². The summed E-state index contributed by atoms with van der Waals surface area (Å²) < 4.78 is 0. The van der Waals surface area contributed by atoms with Crippen LogP contribution in [0, 0.1) is 0 Å². The van der Waals surface area contributed by atoms with Crippen LogP contribution in [0.3, 0.4) is 0 Å². The lowest BCUT2D eigenvalue weighted by molar-refractivity contribution is -0.134. The molecule has 0 spiro atoms. The van der Waals surface area contributed by atoms with E-state index >= 15 is 0 Å². The number of hydrogen-bond acceptors (Lipinski definition) is 3. The van der Waals surface area contributed by atoms with Crippen LogP contribution in [-0.2, 0) is 9.59 Å². The molecule has 1 fully saturated rings. The summed E-state index contributed by atoms with van der Waals surface area (Å²) in [5, 5.41) is 2.36. The van der Waals surface area contributed by atoms with Crippen LogP contribution in [-0.4, -0.2) is 16.8 Å². The molecule has 1 atom stereocenters. The van der Waals surface area contributed by atoms with Crippen molar-refractivity contribution in [3.05, 3.63) is 29.6 Å². The second-order valence-corrected chi connectivity index (χ2v) is 4.67. The fourth-order valence-electron chi connectivity index (χ4n) is 1.98. The molecule has 0 aromatic carbocycles. The molecular weight excluding hydrogens is 216 g/mol. The van der Waals surface area contributed by atoms with Gasteiger partial charge in [0.2, 0.25) is 11.8 Å². The van der Waals surface area contributed by atoms with Crippen LogP contribution in [0.2, 0.25) is 0 Å². The summed E-state index contributed by atoms with van der Waals surface area (Å²) in [7, 11) is 0. The van der Waals surface area contributed by atoms with Gasteiger partial charge in [-0.05, 0) is 24.0 Å². The third-order valence-corrected chi connectivity index (χ3v) is 3.04. The van der Waals surface area contributed by atoms with Crippen molar-refractivity contribution in [2.24, 2.45) is 0 Å². The molecule has 1 aromatic heterocycles. The number of amides is 2. The van der Waals surface area contributed by atoms with Crippen LogP contribution in [0.25, 0.3) is 0 Å². The Balaban J connectivity index is 0.00000162. The summed E-state index contributed by atoms with van der Waals surface area (Å²) >= 11 is 0. The maximum absolute atomic E-state index is 11.7. The lowest BCUT2D eigenvalue weighted by Crippen LogP contribution is -2.39. The third-order valence-electron chi connectivity index (χ3n) is 3.04. The Morgan fingerprint density at radius 1 is 1.41 bits per heavy atom. The summed E-state index contributed by atoms with van der Waals surface area (Å²) in [6.07, 6.45) is 2.73. The fraction of sp³-hybridized carbons (Fsp3) is 0.462. The Bertz CT molecular complexity index is 443. The molecule has 0 saturated carbocycles. The van der Waals surface area contributed by atoms with Gasteiger partial charge in [-0.2, -0.15) is 0 Å². The van der Waals surface area contributed by atoms with Gasteiger partial charge in [-0.3, -0.25) is 19.9 Å². The molecule has 1 aliphatic rings. The molecule has 0 aliphatic carbocycles. The maximum Gasteiger partial charge on any atom is 0.234 e. The monoisotopic (exact) mass is 234 g/mol. The van der Waals surface area contributed by atoms with E-state index in [1.807, 2.05) is 12.1 Å². The van der Waals surface area contributed by atoms with Crippen molar-refractivity contribution in [1.82, 2.24) is 10.3 Å². The molecule has 4 nitrogen and oxygen atoms in total. The normalized spacial score (nSPS) is 20.5. The predicted molar refractivity (Wildman–Crippen MR) is 65.6 cm³/mol. The molecule has 1 aliphatic heterocycles. The van der Waals surface area contributed by atoms with Gasteiger partial charge in [0.25, 0.3) is 0 Å². The third kappa shape index (κ3) is 2.52. The van der Waals surface area contributed by atoms with Gasteiger partial charge in [-0.1, -0.05) is 19.9 Å². The Hall–Kier alpha value is -1.71. The van der Waals surface area contributed by atoms with E-state index < -0.39 is 0 Å². The highest BCUT2D eigenvalue weighted by molar-refractivity contribution is 6.00. The Labute approximate surface area is 102 Å². The number of aromatic nitrogens is 1. The molecule has 0 radical (unpaired) electrons. The van der Waals surface area contributed by atoms with Gasteiger partial charge < -0.3 is 0 Å². The van der Waals surface area contributed by atoms with Crippen LogP contribution >= 0.6 is 0 Å². The van der Waals surface area contributed by atoms with Gasteiger partial charge in [-0.25, -0.2) is 0 Å². The number of nitrogens with one attached hydrogen (secondary N) is 1. The van der Waals surface area contributed by atoms with Gasteiger partial charge in [0, 0.05) is 19.7 Å². The molecule has 92 valence electrons. The molecule has 2 rings (SSSR count). The zero-order valence-corrected chi connectivity index (χ0v) is 10.1. The highest BCUT2D eigenvalue weighted by Crippen LogP contribution is 2.24. The van der Waals surface area contributed by atoms with Crippen LogP contribution in [0.4, 0.5) is 0 Å². The van der Waals surface area contributed by atoms with Crippen LogP contribution in [0.15, 0.2) is 18.3 Å². The first-order valence-corrected chi connectivity index (χ1v) is 5.87. The number of piperidine rings is 1.